The Balaban J connectivity index is 3.05. The van der Waals surface area contributed by atoms with Gasteiger partial charge in [-0.1, -0.05) is 41.5 Å². The molecule has 0 fully saturated rings. The molecule has 48 heavy (non-hydrogen) atoms. The lowest BCUT2D eigenvalue weighted by molar-refractivity contribution is -0.141. The van der Waals surface area contributed by atoms with Crippen LogP contribution in [-0.2, 0) is 25.7 Å². The Labute approximate surface area is 279 Å². The Hall–Kier alpha value is -3.89. The highest BCUT2D eigenvalue weighted by molar-refractivity contribution is 5.90. The summed E-state index contributed by atoms with van der Waals surface area (Å²) in [6.07, 6.45) is -6.88. The third-order valence-corrected chi connectivity index (χ3v) is 7.72. The monoisotopic (exact) mass is 691 g/mol. The molecule has 0 aliphatic carbocycles. The van der Waals surface area contributed by atoms with Crippen molar-refractivity contribution in [1.82, 2.24) is 36.4 Å². The van der Waals surface area contributed by atoms with Gasteiger partial charge in [0.2, 0.25) is 23.6 Å². The zero-order valence-corrected chi connectivity index (χ0v) is 28.9. The number of halogens is 3. The van der Waals surface area contributed by atoms with E-state index < -0.39 is 91.0 Å². The van der Waals surface area contributed by atoms with E-state index in [0.29, 0.717) is 6.42 Å². The van der Waals surface area contributed by atoms with Gasteiger partial charge in [0.15, 0.2) is 0 Å². The first-order valence-corrected chi connectivity index (χ1v) is 16.1. The number of hydrogen-bond acceptors (Lipinski definition) is 7. The molecule has 6 atom stereocenters. The molecule has 0 aliphatic heterocycles. The van der Waals surface area contributed by atoms with Crippen LogP contribution in [0.3, 0.4) is 0 Å². The first-order chi connectivity index (χ1) is 22.1. The summed E-state index contributed by atoms with van der Waals surface area (Å²) in [6.45, 7) is 11.9. The molecule has 1 rings (SSSR count). The third-order valence-electron chi connectivity index (χ3n) is 7.72. The van der Waals surface area contributed by atoms with E-state index in [0.717, 1.165) is 11.4 Å². The number of nitrogens with zero attached hydrogens (tertiary/aromatic N) is 2. The SMILES string of the molecule is CC[C@@H](Cn1nc(C)cc1C)C(=O)N[C@@H](CNC(=O)O)C(=O)N[C@@H](CC(C)C)[C@@H](O)C[C@@H](C)C(=O)N[C@H](C(=O)NCC(F)(F)F)C(C)C. The van der Waals surface area contributed by atoms with Crippen LogP contribution in [0.2, 0.25) is 0 Å². The third kappa shape index (κ3) is 14.9. The summed E-state index contributed by atoms with van der Waals surface area (Å²) in [7, 11) is 0. The topological polar surface area (TPSA) is 204 Å². The standard InChI is InChI=1S/C31H52F3N7O7/c1-9-21(14-41-20(8)12-19(7)40-41)27(44)38-23(13-35-30(47)48)28(45)37-22(10-16(2)3)24(42)11-18(6)26(43)39-25(17(4)5)29(46)36-15-31(32,33)34/h12,16-18,21-25,35,42H,9-11,13-15H2,1-8H3,(H,36,46)(H,37,45)(H,38,44)(H,39,43)(H,47,48)/t18-,21+,22+,23+,24+,25+/m1/s1. The van der Waals surface area contributed by atoms with Crippen LogP contribution >= 0.6 is 0 Å². The van der Waals surface area contributed by atoms with E-state index in [4.69, 9.17) is 0 Å². The smallest absolute Gasteiger partial charge is 0.405 e. The van der Waals surface area contributed by atoms with Crippen molar-refractivity contribution >= 4 is 29.7 Å². The molecule has 274 valence electrons. The van der Waals surface area contributed by atoms with E-state index in [1.165, 1.54) is 6.92 Å². The van der Waals surface area contributed by atoms with E-state index in [-0.39, 0.29) is 25.3 Å². The molecular formula is C31H52F3N7O7. The lowest BCUT2D eigenvalue weighted by Gasteiger charge is -2.30. The summed E-state index contributed by atoms with van der Waals surface area (Å²) in [5.41, 5.74) is 1.62. The van der Waals surface area contributed by atoms with Gasteiger partial charge in [0.25, 0.3) is 0 Å². The summed E-state index contributed by atoms with van der Waals surface area (Å²) in [4.78, 5) is 63.3. The molecule has 17 heteroatoms. The molecule has 1 aromatic rings. The molecule has 0 aliphatic rings. The number of aromatic nitrogens is 2. The Morgan fingerprint density at radius 1 is 0.896 bits per heavy atom. The van der Waals surface area contributed by atoms with Crippen LogP contribution in [-0.4, -0.2) is 93.2 Å². The molecule has 0 unspecified atom stereocenters. The van der Waals surface area contributed by atoms with Gasteiger partial charge in [-0.25, -0.2) is 4.79 Å². The van der Waals surface area contributed by atoms with Crippen LogP contribution in [0.5, 0.6) is 0 Å². The number of carbonyl (C=O) groups excluding carboxylic acids is 4. The van der Waals surface area contributed by atoms with Crippen molar-refractivity contribution in [1.29, 1.82) is 0 Å². The van der Waals surface area contributed by atoms with Crippen LogP contribution in [0.15, 0.2) is 6.07 Å². The fourth-order valence-electron chi connectivity index (χ4n) is 5.02. The molecule has 0 spiro atoms. The van der Waals surface area contributed by atoms with Crippen LogP contribution in [0, 0.1) is 37.5 Å². The second-order valence-corrected chi connectivity index (χ2v) is 13.0. The molecule has 1 aromatic heterocycles. The maximum Gasteiger partial charge on any atom is 0.405 e. The van der Waals surface area contributed by atoms with Crippen molar-refractivity contribution in [2.24, 2.45) is 23.7 Å². The van der Waals surface area contributed by atoms with Gasteiger partial charge in [-0.05, 0) is 51.0 Å². The lowest BCUT2D eigenvalue weighted by atomic mass is 9.91. The summed E-state index contributed by atoms with van der Waals surface area (Å²) in [6, 6.07) is -1.66. The number of amides is 5. The maximum atomic E-state index is 13.5. The van der Waals surface area contributed by atoms with E-state index >= 15 is 0 Å². The van der Waals surface area contributed by atoms with Gasteiger partial charge in [-0.2, -0.15) is 18.3 Å². The number of aliphatic hydroxyl groups excluding tert-OH is 1. The predicted molar refractivity (Wildman–Crippen MR) is 170 cm³/mol. The Bertz CT molecular complexity index is 1240. The first kappa shape index (κ1) is 42.1. The zero-order valence-electron chi connectivity index (χ0n) is 28.9. The van der Waals surface area contributed by atoms with Gasteiger partial charge < -0.3 is 36.8 Å². The van der Waals surface area contributed by atoms with Crippen LogP contribution in [0.1, 0.15) is 72.2 Å². The number of carbonyl (C=O) groups is 5. The number of nitrogens with one attached hydrogen (secondary N) is 5. The van der Waals surface area contributed by atoms with Crippen molar-refractivity contribution in [3.05, 3.63) is 17.5 Å². The Kier molecular flexibility index (Phi) is 16.8. The van der Waals surface area contributed by atoms with Crippen LogP contribution in [0.4, 0.5) is 18.0 Å². The van der Waals surface area contributed by atoms with E-state index in [1.807, 2.05) is 33.8 Å². The Morgan fingerprint density at radius 3 is 2.00 bits per heavy atom. The van der Waals surface area contributed by atoms with Crippen molar-refractivity contribution < 1.29 is 47.4 Å². The normalized spacial score (nSPS) is 15.5. The fraction of sp³-hybridized carbons (Fsp3) is 0.742. The molecular weight excluding hydrogens is 639 g/mol. The second kappa shape index (κ2) is 19.2. The fourth-order valence-corrected chi connectivity index (χ4v) is 5.02. The van der Waals surface area contributed by atoms with Gasteiger partial charge in [0.1, 0.15) is 18.6 Å². The molecule has 0 saturated heterocycles. The highest BCUT2D eigenvalue weighted by atomic mass is 19.4. The summed E-state index contributed by atoms with van der Waals surface area (Å²) >= 11 is 0. The molecule has 5 amide bonds. The molecule has 0 aromatic carbocycles. The number of aliphatic hydroxyl groups is 1. The Morgan fingerprint density at radius 2 is 1.52 bits per heavy atom. The number of alkyl halides is 3. The molecule has 14 nitrogen and oxygen atoms in total. The van der Waals surface area contributed by atoms with Gasteiger partial charge >= 0.3 is 12.3 Å². The maximum absolute atomic E-state index is 13.5. The minimum absolute atomic E-state index is 0.0489. The molecule has 0 bridgehead atoms. The highest BCUT2D eigenvalue weighted by Crippen LogP contribution is 2.18. The van der Waals surface area contributed by atoms with Crippen LogP contribution < -0.4 is 26.6 Å². The van der Waals surface area contributed by atoms with Gasteiger partial charge in [0, 0.05) is 11.6 Å². The zero-order chi connectivity index (χ0) is 36.9. The number of rotatable bonds is 19. The molecule has 1 heterocycles. The van der Waals surface area contributed by atoms with Crippen molar-refractivity contribution in [3.8, 4) is 0 Å². The first-order valence-electron chi connectivity index (χ1n) is 16.1. The molecule has 0 saturated carbocycles. The predicted octanol–water partition coefficient (Wildman–Crippen LogP) is 2.02. The second-order valence-electron chi connectivity index (χ2n) is 13.0. The van der Waals surface area contributed by atoms with Gasteiger partial charge in [-0.15, -0.1) is 0 Å². The average Bonchev–Trinajstić information content (AvgIpc) is 3.29. The number of hydrogen-bond donors (Lipinski definition) is 7. The summed E-state index contributed by atoms with van der Waals surface area (Å²) in [5, 5.41) is 36.3. The minimum atomic E-state index is -4.63. The highest BCUT2D eigenvalue weighted by Gasteiger charge is 2.34. The van der Waals surface area contributed by atoms with Crippen LogP contribution in [0.25, 0.3) is 0 Å². The average molecular weight is 692 g/mol. The van der Waals surface area contributed by atoms with Crippen molar-refractivity contribution in [2.75, 3.05) is 13.1 Å². The lowest BCUT2D eigenvalue weighted by Crippen LogP contribution is -2.57. The van der Waals surface area contributed by atoms with E-state index in [1.54, 1.807) is 30.8 Å². The van der Waals surface area contributed by atoms with E-state index in [2.05, 4.69) is 26.4 Å². The summed E-state index contributed by atoms with van der Waals surface area (Å²) in [5.74, 6) is -5.06. The van der Waals surface area contributed by atoms with Gasteiger partial charge in [-0.3, -0.25) is 23.9 Å². The van der Waals surface area contributed by atoms with Crippen molar-refractivity contribution in [3.63, 3.8) is 0 Å². The van der Waals surface area contributed by atoms with E-state index in [9.17, 15) is 47.4 Å². The largest absolute Gasteiger partial charge is 0.465 e. The van der Waals surface area contributed by atoms with Gasteiger partial charge in [0.05, 0.1) is 36.8 Å². The molecule has 0 radical (unpaired) electrons. The number of carboxylic acid groups (broad SMARTS) is 1. The quantitative estimate of drug-likeness (QED) is 0.114. The van der Waals surface area contributed by atoms with Crippen molar-refractivity contribution in [2.45, 2.75) is 112 Å². The molecule has 7 N–H and O–H groups in total. The summed E-state index contributed by atoms with van der Waals surface area (Å²) < 4.78 is 39.5. The number of aryl methyl sites for hydroxylation is 2. The minimum Gasteiger partial charge on any atom is -0.465 e.